The van der Waals surface area contributed by atoms with Gasteiger partial charge in [-0.25, -0.2) is 9.97 Å². The Bertz CT molecular complexity index is 517. The normalized spacial score (nSPS) is 10.4. The van der Waals surface area contributed by atoms with Crippen molar-refractivity contribution in [2.24, 2.45) is 0 Å². The zero-order valence-electron chi connectivity index (χ0n) is 6.94. The number of hydrogen-bond donors (Lipinski definition) is 2. The summed E-state index contributed by atoms with van der Waals surface area (Å²) in [5.74, 6) is 0.838. The lowest BCUT2D eigenvalue weighted by Gasteiger charge is -1.97. The first-order valence-electron chi connectivity index (χ1n) is 3.73. The molecule has 0 bridgehead atoms. The maximum Gasteiger partial charge on any atom is 0.251 e. The molecule has 0 saturated heterocycles. The molecule has 2 rings (SSSR count). The Labute approximate surface area is 92.7 Å². The van der Waals surface area contributed by atoms with Crippen molar-refractivity contribution < 1.29 is 0 Å². The van der Waals surface area contributed by atoms with Crippen LogP contribution >= 0.6 is 22.9 Å². The number of nitrogens with two attached hydrogens (primary N) is 1. The number of halogens is 1. The Kier molecular flexibility index (Phi) is 2.23. The third-order valence-electron chi connectivity index (χ3n) is 1.66. The number of anilines is 1. The summed E-state index contributed by atoms with van der Waals surface area (Å²) < 4.78 is 1.63. The van der Waals surface area contributed by atoms with Gasteiger partial charge in [-0.1, -0.05) is 0 Å². The number of nitrogens with zero attached hydrogens (tertiary/aromatic N) is 3. The Morgan fingerprint density at radius 1 is 1.50 bits per heavy atom. The maximum absolute atomic E-state index is 11.0. The molecule has 0 aromatic carbocycles. The van der Waals surface area contributed by atoms with Crippen molar-refractivity contribution in [1.82, 2.24) is 17.7 Å². The van der Waals surface area contributed by atoms with Gasteiger partial charge >= 0.3 is 0 Å². The van der Waals surface area contributed by atoms with Crippen molar-refractivity contribution in [3.63, 3.8) is 0 Å². The van der Waals surface area contributed by atoms with Crippen LogP contribution < -0.4 is 11.3 Å². The van der Waals surface area contributed by atoms with E-state index in [0.29, 0.717) is 17.3 Å². The summed E-state index contributed by atoms with van der Waals surface area (Å²) in [6.07, 6.45) is 2.97. The molecule has 2 aromatic heterocycles. The minimum Gasteiger partial charge on any atom is -0.383 e. The Morgan fingerprint density at radius 3 is 2.86 bits per heavy atom. The summed E-state index contributed by atoms with van der Waals surface area (Å²) >= 11 is 1.99. The first-order chi connectivity index (χ1) is 6.68. The van der Waals surface area contributed by atoms with E-state index in [-0.39, 0.29) is 5.56 Å². The van der Waals surface area contributed by atoms with Gasteiger partial charge in [-0.15, -0.1) is 0 Å². The third kappa shape index (κ3) is 1.50. The number of nitrogen functional groups attached to an aromatic ring is 1. The van der Waals surface area contributed by atoms with E-state index in [4.69, 9.17) is 5.73 Å². The molecule has 14 heavy (non-hydrogen) atoms. The number of rotatable bonds is 1. The minimum absolute atomic E-state index is 0.225. The topological polar surface area (TPSA) is 89.6 Å². The maximum atomic E-state index is 11.0. The molecule has 3 N–H and O–H groups in total. The highest BCUT2D eigenvalue weighted by Gasteiger charge is 2.09. The molecule has 0 fully saturated rings. The molecule has 0 aliphatic carbocycles. The highest BCUT2D eigenvalue weighted by atomic mass is 127. The van der Waals surface area contributed by atoms with Gasteiger partial charge in [0.25, 0.3) is 5.56 Å². The molecule has 2 aromatic rings. The predicted octanol–water partition coefficient (Wildman–Crippen LogP) is 0.414. The van der Waals surface area contributed by atoms with Crippen LogP contribution in [0.4, 0.5) is 5.82 Å². The molecule has 0 atom stereocenters. The number of hydrogen-bond acceptors (Lipinski definition) is 4. The van der Waals surface area contributed by atoms with E-state index in [1.54, 1.807) is 9.11 Å². The number of nitrogens with one attached hydrogen (secondary N) is 1. The largest absolute Gasteiger partial charge is 0.383 e. The van der Waals surface area contributed by atoms with Crippen LogP contribution in [0, 0.1) is 0 Å². The molecule has 72 valence electrons. The van der Waals surface area contributed by atoms with Gasteiger partial charge in [0, 0.05) is 12.3 Å². The fourth-order valence-electron chi connectivity index (χ4n) is 1.01. The molecule has 2 heterocycles. The van der Waals surface area contributed by atoms with Crippen molar-refractivity contribution in [1.29, 1.82) is 0 Å². The van der Waals surface area contributed by atoms with Crippen molar-refractivity contribution in [2.75, 3.05) is 5.73 Å². The summed E-state index contributed by atoms with van der Waals surface area (Å²) in [5, 5.41) is 0. The monoisotopic (exact) mass is 303 g/mol. The third-order valence-corrected chi connectivity index (χ3v) is 2.43. The van der Waals surface area contributed by atoms with Crippen molar-refractivity contribution >= 4 is 28.7 Å². The fraction of sp³-hybridized carbons (Fsp3) is 0. The van der Waals surface area contributed by atoms with Gasteiger partial charge in [0.05, 0.1) is 22.9 Å². The number of imidazole rings is 1. The minimum atomic E-state index is -0.225. The first-order valence-corrected chi connectivity index (χ1v) is 4.69. The second kappa shape index (κ2) is 3.40. The van der Waals surface area contributed by atoms with Crippen LogP contribution in [-0.2, 0) is 0 Å². The summed E-state index contributed by atoms with van der Waals surface area (Å²) in [4.78, 5) is 21.6. The molecule has 7 heteroatoms. The van der Waals surface area contributed by atoms with E-state index in [9.17, 15) is 4.79 Å². The SMILES string of the molecule is Nc1c(-c2nccc(=O)[nH]2)ncn1I. The molecule has 0 aliphatic heterocycles. The number of H-pyrrole nitrogens is 1. The smallest absolute Gasteiger partial charge is 0.251 e. The zero-order chi connectivity index (χ0) is 10.1. The van der Waals surface area contributed by atoms with Crippen molar-refractivity contribution in [2.45, 2.75) is 0 Å². The van der Waals surface area contributed by atoms with Crippen LogP contribution in [-0.4, -0.2) is 17.7 Å². The van der Waals surface area contributed by atoms with Gasteiger partial charge in [-0.3, -0.25) is 7.58 Å². The van der Waals surface area contributed by atoms with Crippen LogP contribution in [0.1, 0.15) is 0 Å². The van der Waals surface area contributed by atoms with Gasteiger partial charge in [0.1, 0.15) is 17.8 Å². The van der Waals surface area contributed by atoms with Crippen LogP contribution in [0.15, 0.2) is 23.4 Å². The van der Waals surface area contributed by atoms with Crippen LogP contribution in [0.3, 0.4) is 0 Å². The second-order valence-corrected chi connectivity index (χ2v) is 3.61. The Hall–Kier alpha value is -1.38. The van der Waals surface area contributed by atoms with Gasteiger partial charge in [0.2, 0.25) is 0 Å². The van der Waals surface area contributed by atoms with Crippen molar-refractivity contribution in [3.8, 4) is 11.5 Å². The lowest BCUT2D eigenvalue weighted by Crippen LogP contribution is -2.07. The van der Waals surface area contributed by atoms with E-state index < -0.39 is 0 Å². The van der Waals surface area contributed by atoms with E-state index in [2.05, 4.69) is 15.0 Å². The summed E-state index contributed by atoms with van der Waals surface area (Å²) in [6.45, 7) is 0. The van der Waals surface area contributed by atoms with E-state index >= 15 is 0 Å². The number of aromatic amines is 1. The summed E-state index contributed by atoms with van der Waals surface area (Å²) in [7, 11) is 0. The molecule has 0 saturated carbocycles. The molecule has 0 spiro atoms. The molecule has 0 radical (unpaired) electrons. The highest BCUT2D eigenvalue weighted by Crippen LogP contribution is 2.20. The molecule has 0 unspecified atom stereocenters. The average Bonchev–Trinajstić information content (AvgIpc) is 2.48. The predicted molar refractivity (Wildman–Crippen MR) is 59.9 cm³/mol. The van der Waals surface area contributed by atoms with Gasteiger partial charge in [-0.2, -0.15) is 0 Å². The summed E-state index contributed by atoms with van der Waals surface area (Å²) in [6, 6.07) is 1.33. The highest BCUT2D eigenvalue weighted by molar-refractivity contribution is 14.1. The van der Waals surface area contributed by atoms with E-state index in [1.807, 2.05) is 22.9 Å². The Morgan fingerprint density at radius 2 is 2.29 bits per heavy atom. The van der Waals surface area contributed by atoms with Crippen LogP contribution in [0.25, 0.3) is 11.5 Å². The lowest BCUT2D eigenvalue weighted by molar-refractivity contribution is 1.11. The van der Waals surface area contributed by atoms with Gasteiger partial charge < -0.3 is 10.7 Å². The molecular weight excluding hydrogens is 297 g/mol. The molecule has 0 aliphatic rings. The standard InChI is InChI=1S/C7H6IN5O/c8-13-3-11-5(6(13)9)7-10-2-1-4(14)12-7/h1-3H,9H2,(H,10,12,14). The van der Waals surface area contributed by atoms with Crippen molar-refractivity contribution in [3.05, 3.63) is 28.9 Å². The Balaban J connectivity index is 2.60. The van der Waals surface area contributed by atoms with Crippen LogP contribution in [0.5, 0.6) is 0 Å². The molecule has 0 amide bonds. The van der Waals surface area contributed by atoms with Gasteiger partial charge in [-0.05, 0) is 0 Å². The van der Waals surface area contributed by atoms with Crippen LogP contribution in [0.2, 0.25) is 0 Å². The van der Waals surface area contributed by atoms with E-state index in [1.165, 1.54) is 12.3 Å². The summed E-state index contributed by atoms with van der Waals surface area (Å²) in [5.41, 5.74) is 5.97. The fourth-order valence-corrected chi connectivity index (χ4v) is 1.36. The average molecular weight is 303 g/mol. The van der Waals surface area contributed by atoms with Gasteiger partial charge in [0.15, 0.2) is 5.82 Å². The first kappa shape index (κ1) is 9.19. The zero-order valence-corrected chi connectivity index (χ0v) is 9.09. The second-order valence-electron chi connectivity index (χ2n) is 2.57. The molecular formula is C7H6IN5O. The quantitative estimate of drug-likeness (QED) is 0.747. The number of aromatic nitrogens is 4. The lowest BCUT2D eigenvalue weighted by atomic mass is 10.4. The molecule has 6 nitrogen and oxygen atoms in total. The van der Waals surface area contributed by atoms with E-state index in [0.717, 1.165) is 0 Å².